The van der Waals surface area contributed by atoms with Gasteiger partial charge in [0.25, 0.3) is 0 Å². The molecule has 1 fully saturated rings. The van der Waals surface area contributed by atoms with Gasteiger partial charge in [0.15, 0.2) is 0 Å². The van der Waals surface area contributed by atoms with Crippen LogP contribution in [0, 0.1) is 6.92 Å². The van der Waals surface area contributed by atoms with Crippen molar-refractivity contribution < 1.29 is 4.79 Å². The second-order valence-corrected chi connectivity index (χ2v) is 4.95. The Morgan fingerprint density at radius 3 is 3.06 bits per heavy atom. The molecule has 0 aliphatic carbocycles. The first-order chi connectivity index (χ1) is 7.75. The van der Waals surface area contributed by atoms with Crippen molar-refractivity contribution >= 4 is 5.91 Å². The average Bonchev–Trinajstić information content (AvgIpc) is 2.71. The molecule has 84 valence electrons. The fourth-order valence-corrected chi connectivity index (χ4v) is 3.03. The van der Waals surface area contributed by atoms with Crippen LogP contribution in [0.5, 0.6) is 0 Å². The van der Waals surface area contributed by atoms with E-state index in [1.165, 1.54) is 16.7 Å². The van der Waals surface area contributed by atoms with E-state index < -0.39 is 0 Å². The number of amides is 1. The lowest BCUT2D eigenvalue weighted by Gasteiger charge is -2.23. The first kappa shape index (κ1) is 9.88. The molecule has 3 rings (SSSR count). The van der Waals surface area contributed by atoms with Crippen molar-refractivity contribution in [3.8, 4) is 0 Å². The van der Waals surface area contributed by atoms with Gasteiger partial charge in [-0.2, -0.15) is 0 Å². The summed E-state index contributed by atoms with van der Waals surface area (Å²) < 4.78 is 0. The normalized spacial score (nSPS) is 23.9. The number of aryl methyl sites for hydroxylation is 2. The molecule has 2 heteroatoms. The fourth-order valence-electron chi connectivity index (χ4n) is 3.03. The second kappa shape index (κ2) is 3.62. The summed E-state index contributed by atoms with van der Waals surface area (Å²) in [6, 6.07) is 7.01. The highest BCUT2D eigenvalue weighted by Gasteiger charge is 2.33. The number of hydrogen-bond donors (Lipinski definition) is 0. The summed E-state index contributed by atoms with van der Waals surface area (Å²) in [7, 11) is 0. The molecule has 0 aromatic heterocycles. The lowest BCUT2D eigenvalue weighted by molar-refractivity contribution is -0.131. The third-order valence-electron chi connectivity index (χ3n) is 3.84. The van der Waals surface area contributed by atoms with E-state index >= 15 is 0 Å². The van der Waals surface area contributed by atoms with E-state index in [0.29, 0.717) is 18.4 Å². The maximum atomic E-state index is 12.0. The van der Waals surface area contributed by atoms with E-state index in [1.54, 1.807) is 0 Å². The summed E-state index contributed by atoms with van der Waals surface area (Å²) in [6.07, 6.45) is 3.90. The van der Waals surface area contributed by atoms with Crippen molar-refractivity contribution in [2.75, 3.05) is 6.54 Å². The van der Waals surface area contributed by atoms with Crippen LogP contribution in [0.15, 0.2) is 18.2 Å². The zero-order valence-electron chi connectivity index (χ0n) is 9.70. The Hall–Kier alpha value is -1.31. The van der Waals surface area contributed by atoms with Gasteiger partial charge in [-0.25, -0.2) is 0 Å². The van der Waals surface area contributed by atoms with Gasteiger partial charge in [0.1, 0.15) is 0 Å². The van der Waals surface area contributed by atoms with Crippen molar-refractivity contribution in [1.82, 2.24) is 4.90 Å². The Balaban J connectivity index is 2.10. The van der Waals surface area contributed by atoms with Crippen molar-refractivity contribution in [2.24, 2.45) is 0 Å². The van der Waals surface area contributed by atoms with Gasteiger partial charge in [-0.3, -0.25) is 4.79 Å². The first-order valence-corrected chi connectivity index (χ1v) is 6.14. The highest BCUT2D eigenvalue weighted by molar-refractivity contribution is 5.78. The minimum absolute atomic E-state index is 0.344. The van der Waals surface area contributed by atoms with E-state index in [9.17, 15) is 4.79 Å². The summed E-state index contributed by atoms with van der Waals surface area (Å²) >= 11 is 0. The molecule has 1 atom stereocenters. The largest absolute Gasteiger partial charge is 0.336 e. The molecular formula is C14H17NO. The topological polar surface area (TPSA) is 20.3 Å². The van der Waals surface area contributed by atoms with Crippen LogP contribution in [0.2, 0.25) is 0 Å². The minimum atomic E-state index is 0.344. The van der Waals surface area contributed by atoms with Crippen molar-refractivity contribution in [3.05, 3.63) is 34.9 Å². The van der Waals surface area contributed by atoms with E-state index in [4.69, 9.17) is 0 Å². The van der Waals surface area contributed by atoms with E-state index in [0.717, 1.165) is 25.8 Å². The average molecular weight is 215 g/mol. The summed E-state index contributed by atoms with van der Waals surface area (Å²) in [4.78, 5) is 14.1. The molecule has 2 heterocycles. The van der Waals surface area contributed by atoms with Gasteiger partial charge in [-0.15, -0.1) is 0 Å². The molecular weight excluding hydrogens is 198 g/mol. The van der Waals surface area contributed by atoms with Gasteiger partial charge >= 0.3 is 0 Å². The SMILES string of the molecule is Cc1ccc2c(c1)C1CCCN1C(=O)CC2. The van der Waals surface area contributed by atoms with Crippen LogP contribution in [-0.2, 0) is 11.2 Å². The predicted molar refractivity (Wildman–Crippen MR) is 63.2 cm³/mol. The summed E-state index contributed by atoms with van der Waals surface area (Å²) in [5.41, 5.74) is 4.09. The van der Waals surface area contributed by atoms with E-state index in [-0.39, 0.29) is 0 Å². The molecule has 1 unspecified atom stereocenters. The molecule has 1 saturated heterocycles. The summed E-state index contributed by atoms with van der Waals surface area (Å²) in [5, 5.41) is 0. The number of benzene rings is 1. The molecule has 0 N–H and O–H groups in total. The van der Waals surface area contributed by atoms with Gasteiger partial charge < -0.3 is 4.90 Å². The Kier molecular flexibility index (Phi) is 2.23. The Labute approximate surface area is 96.3 Å². The molecule has 0 bridgehead atoms. The molecule has 2 aliphatic heterocycles. The minimum Gasteiger partial charge on any atom is -0.336 e. The zero-order valence-corrected chi connectivity index (χ0v) is 9.70. The van der Waals surface area contributed by atoms with E-state index in [2.05, 4.69) is 30.0 Å². The van der Waals surface area contributed by atoms with Crippen LogP contribution in [0.25, 0.3) is 0 Å². The number of rotatable bonds is 0. The van der Waals surface area contributed by atoms with Gasteiger partial charge in [0, 0.05) is 13.0 Å². The van der Waals surface area contributed by atoms with Gasteiger partial charge in [-0.1, -0.05) is 23.8 Å². The van der Waals surface area contributed by atoms with Crippen LogP contribution < -0.4 is 0 Å². The smallest absolute Gasteiger partial charge is 0.223 e. The number of carbonyl (C=O) groups is 1. The maximum Gasteiger partial charge on any atom is 0.223 e. The highest BCUT2D eigenvalue weighted by atomic mass is 16.2. The number of carbonyl (C=O) groups excluding carboxylic acids is 1. The standard InChI is InChI=1S/C14H17NO/c1-10-4-5-11-6-7-14(16)15-8-2-3-13(15)12(11)9-10/h4-5,9,13H,2-3,6-8H2,1H3. The Morgan fingerprint density at radius 2 is 2.19 bits per heavy atom. The van der Waals surface area contributed by atoms with Crippen molar-refractivity contribution in [2.45, 2.75) is 38.6 Å². The van der Waals surface area contributed by atoms with Crippen LogP contribution in [0.1, 0.15) is 42.0 Å². The van der Waals surface area contributed by atoms with Crippen LogP contribution in [0.3, 0.4) is 0 Å². The monoisotopic (exact) mass is 215 g/mol. The molecule has 16 heavy (non-hydrogen) atoms. The van der Waals surface area contributed by atoms with Gasteiger partial charge in [-0.05, 0) is 37.3 Å². The van der Waals surface area contributed by atoms with Crippen LogP contribution in [0.4, 0.5) is 0 Å². The summed E-state index contributed by atoms with van der Waals surface area (Å²) in [6.45, 7) is 3.09. The Morgan fingerprint density at radius 1 is 1.31 bits per heavy atom. The van der Waals surface area contributed by atoms with Crippen molar-refractivity contribution in [3.63, 3.8) is 0 Å². The molecule has 1 amide bonds. The maximum absolute atomic E-state index is 12.0. The van der Waals surface area contributed by atoms with Gasteiger partial charge in [0.05, 0.1) is 6.04 Å². The predicted octanol–water partition coefficient (Wildman–Crippen LogP) is 2.60. The van der Waals surface area contributed by atoms with Gasteiger partial charge in [0.2, 0.25) is 5.91 Å². The van der Waals surface area contributed by atoms with Crippen LogP contribution >= 0.6 is 0 Å². The Bertz CT molecular complexity index is 438. The lowest BCUT2D eigenvalue weighted by Crippen LogP contribution is -2.28. The fraction of sp³-hybridized carbons (Fsp3) is 0.500. The first-order valence-electron chi connectivity index (χ1n) is 6.14. The van der Waals surface area contributed by atoms with E-state index in [1.807, 2.05) is 0 Å². The number of hydrogen-bond acceptors (Lipinski definition) is 1. The third-order valence-corrected chi connectivity index (χ3v) is 3.84. The lowest BCUT2D eigenvalue weighted by atomic mass is 9.95. The molecule has 0 radical (unpaired) electrons. The molecule has 0 saturated carbocycles. The molecule has 0 spiro atoms. The molecule has 2 nitrogen and oxygen atoms in total. The second-order valence-electron chi connectivity index (χ2n) is 4.95. The number of nitrogens with zero attached hydrogens (tertiary/aromatic N) is 1. The zero-order chi connectivity index (χ0) is 11.1. The molecule has 2 aliphatic rings. The van der Waals surface area contributed by atoms with Crippen molar-refractivity contribution in [1.29, 1.82) is 0 Å². The number of fused-ring (bicyclic) bond motifs is 3. The highest BCUT2D eigenvalue weighted by Crippen LogP contribution is 2.37. The molecule has 1 aromatic rings. The molecule has 1 aromatic carbocycles. The quantitative estimate of drug-likeness (QED) is 0.651. The summed E-state index contributed by atoms with van der Waals surface area (Å²) in [5.74, 6) is 0.344. The third kappa shape index (κ3) is 1.44. The van der Waals surface area contributed by atoms with Crippen LogP contribution in [-0.4, -0.2) is 17.4 Å².